The molecule has 0 fully saturated rings. The summed E-state index contributed by atoms with van der Waals surface area (Å²) in [4.78, 5) is 0. The van der Waals surface area contributed by atoms with Crippen LogP contribution in [0, 0.1) is 5.82 Å². The summed E-state index contributed by atoms with van der Waals surface area (Å²) in [5, 5.41) is 20.2. The Morgan fingerprint density at radius 1 is 1.53 bits per heavy atom. The SMILES string of the molecule is CC(=NO)c1ccc(F)cc1OCCO. The quantitative estimate of drug-likeness (QED) is 0.451. The van der Waals surface area contributed by atoms with Gasteiger partial charge in [0.1, 0.15) is 18.2 Å². The van der Waals surface area contributed by atoms with E-state index in [4.69, 9.17) is 15.1 Å². The van der Waals surface area contributed by atoms with E-state index in [1.165, 1.54) is 18.2 Å². The summed E-state index contributed by atoms with van der Waals surface area (Å²) in [6, 6.07) is 3.88. The van der Waals surface area contributed by atoms with Gasteiger partial charge in [0.15, 0.2) is 0 Å². The molecule has 0 radical (unpaired) electrons. The highest BCUT2D eigenvalue weighted by atomic mass is 19.1. The van der Waals surface area contributed by atoms with Crippen molar-refractivity contribution in [1.82, 2.24) is 0 Å². The van der Waals surface area contributed by atoms with Gasteiger partial charge in [-0.25, -0.2) is 4.39 Å². The molecule has 0 atom stereocenters. The average molecular weight is 213 g/mol. The van der Waals surface area contributed by atoms with Crippen LogP contribution in [0.25, 0.3) is 0 Å². The van der Waals surface area contributed by atoms with Crippen molar-refractivity contribution in [3.8, 4) is 5.75 Å². The average Bonchev–Trinajstić information content (AvgIpc) is 2.25. The van der Waals surface area contributed by atoms with Crippen molar-refractivity contribution in [1.29, 1.82) is 0 Å². The Balaban J connectivity index is 3.03. The van der Waals surface area contributed by atoms with Crippen molar-refractivity contribution in [2.45, 2.75) is 6.92 Å². The predicted octanol–water partition coefficient (Wildman–Crippen LogP) is 1.40. The molecule has 2 N–H and O–H groups in total. The molecule has 5 heteroatoms. The molecular formula is C10H12FNO3. The van der Waals surface area contributed by atoms with Crippen molar-refractivity contribution in [2.75, 3.05) is 13.2 Å². The number of oxime groups is 1. The number of ether oxygens (including phenoxy) is 1. The molecule has 0 aromatic heterocycles. The summed E-state index contributed by atoms with van der Waals surface area (Å²) in [6.45, 7) is 1.47. The molecular weight excluding hydrogens is 201 g/mol. The highest BCUT2D eigenvalue weighted by molar-refractivity contribution is 6.00. The topological polar surface area (TPSA) is 62.1 Å². The van der Waals surface area contributed by atoms with Crippen LogP contribution in [0.1, 0.15) is 12.5 Å². The third-order valence-corrected chi connectivity index (χ3v) is 1.83. The van der Waals surface area contributed by atoms with Crippen LogP contribution in [0.4, 0.5) is 4.39 Å². The van der Waals surface area contributed by atoms with Crippen molar-refractivity contribution in [3.63, 3.8) is 0 Å². The zero-order valence-electron chi connectivity index (χ0n) is 8.27. The second-order valence-corrected chi connectivity index (χ2v) is 2.90. The van der Waals surface area contributed by atoms with E-state index in [1.807, 2.05) is 0 Å². The van der Waals surface area contributed by atoms with Gasteiger partial charge in [-0.15, -0.1) is 0 Å². The second kappa shape index (κ2) is 5.31. The van der Waals surface area contributed by atoms with Crippen molar-refractivity contribution in [3.05, 3.63) is 29.6 Å². The van der Waals surface area contributed by atoms with E-state index >= 15 is 0 Å². The van der Waals surface area contributed by atoms with E-state index < -0.39 is 5.82 Å². The Hall–Kier alpha value is -1.62. The molecule has 0 spiro atoms. The molecule has 0 bridgehead atoms. The molecule has 15 heavy (non-hydrogen) atoms. The third-order valence-electron chi connectivity index (χ3n) is 1.83. The first kappa shape index (κ1) is 11.5. The van der Waals surface area contributed by atoms with Crippen molar-refractivity contribution in [2.24, 2.45) is 5.16 Å². The van der Waals surface area contributed by atoms with Crippen LogP contribution in [0.2, 0.25) is 0 Å². The standard InChI is InChI=1S/C10H12FNO3/c1-7(12-14)9-3-2-8(11)6-10(9)15-5-4-13/h2-3,6,13-14H,4-5H2,1H3. The largest absolute Gasteiger partial charge is 0.490 e. The molecule has 0 amide bonds. The first-order valence-corrected chi connectivity index (χ1v) is 4.41. The highest BCUT2D eigenvalue weighted by Crippen LogP contribution is 2.20. The van der Waals surface area contributed by atoms with Crippen LogP contribution in [0.5, 0.6) is 5.75 Å². The fraction of sp³-hybridized carbons (Fsp3) is 0.300. The zero-order chi connectivity index (χ0) is 11.3. The van der Waals surface area contributed by atoms with E-state index in [2.05, 4.69) is 5.16 Å². The molecule has 0 aliphatic rings. The van der Waals surface area contributed by atoms with Gasteiger partial charge < -0.3 is 15.1 Å². The van der Waals surface area contributed by atoms with E-state index in [1.54, 1.807) is 6.92 Å². The third kappa shape index (κ3) is 2.92. The molecule has 0 heterocycles. The lowest BCUT2D eigenvalue weighted by molar-refractivity contribution is 0.200. The maximum Gasteiger partial charge on any atom is 0.131 e. The Kier molecular flexibility index (Phi) is 4.05. The fourth-order valence-corrected chi connectivity index (χ4v) is 1.12. The number of benzene rings is 1. The number of rotatable bonds is 4. The number of nitrogens with zero attached hydrogens (tertiary/aromatic N) is 1. The van der Waals surface area contributed by atoms with E-state index in [-0.39, 0.29) is 19.0 Å². The van der Waals surface area contributed by atoms with E-state index in [0.29, 0.717) is 11.3 Å². The van der Waals surface area contributed by atoms with Gasteiger partial charge in [-0.3, -0.25) is 0 Å². The molecule has 1 rings (SSSR count). The minimum atomic E-state index is -0.447. The van der Waals surface area contributed by atoms with Crippen LogP contribution >= 0.6 is 0 Å². The van der Waals surface area contributed by atoms with Gasteiger partial charge in [-0.1, -0.05) is 5.16 Å². The molecule has 0 aliphatic heterocycles. The fourth-order valence-electron chi connectivity index (χ4n) is 1.12. The number of hydrogen-bond acceptors (Lipinski definition) is 4. The summed E-state index contributed by atoms with van der Waals surface area (Å²) in [7, 11) is 0. The molecule has 0 unspecified atom stereocenters. The van der Waals surface area contributed by atoms with Gasteiger partial charge in [0, 0.05) is 11.6 Å². The summed E-state index contributed by atoms with van der Waals surface area (Å²) >= 11 is 0. The van der Waals surface area contributed by atoms with Gasteiger partial charge >= 0.3 is 0 Å². The predicted molar refractivity (Wildman–Crippen MR) is 53.0 cm³/mol. The number of hydrogen-bond donors (Lipinski definition) is 2. The molecule has 0 aliphatic carbocycles. The first-order valence-electron chi connectivity index (χ1n) is 4.41. The normalized spacial score (nSPS) is 11.5. The molecule has 82 valence electrons. The highest BCUT2D eigenvalue weighted by Gasteiger charge is 2.08. The van der Waals surface area contributed by atoms with Crippen LogP contribution in [0.15, 0.2) is 23.4 Å². The number of aliphatic hydroxyl groups is 1. The molecule has 4 nitrogen and oxygen atoms in total. The van der Waals surface area contributed by atoms with Crippen molar-refractivity contribution >= 4 is 5.71 Å². The smallest absolute Gasteiger partial charge is 0.131 e. The van der Waals surface area contributed by atoms with Gasteiger partial charge in [-0.05, 0) is 19.1 Å². The van der Waals surface area contributed by atoms with Crippen molar-refractivity contribution < 1.29 is 19.4 Å². The van der Waals surface area contributed by atoms with Crippen LogP contribution in [-0.4, -0.2) is 29.2 Å². The van der Waals surface area contributed by atoms with Crippen LogP contribution in [0.3, 0.4) is 0 Å². The Morgan fingerprint density at radius 3 is 2.87 bits per heavy atom. The maximum atomic E-state index is 12.9. The Bertz CT molecular complexity index is 366. The monoisotopic (exact) mass is 213 g/mol. The molecule has 0 saturated carbocycles. The molecule has 1 aromatic carbocycles. The zero-order valence-corrected chi connectivity index (χ0v) is 8.27. The molecule has 1 aromatic rings. The lowest BCUT2D eigenvalue weighted by Crippen LogP contribution is -2.06. The van der Waals surface area contributed by atoms with Gasteiger partial charge in [0.05, 0.1) is 12.3 Å². The van der Waals surface area contributed by atoms with Gasteiger partial charge in [0.25, 0.3) is 0 Å². The Morgan fingerprint density at radius 2 is 2.27 bits per heavy atom. The lowest BCUT2D eigenvalue weighted by Gasteiger charge is -2.09. The Labute approximate surface area is 86.6 Å². The van der Waals surface area contributed by atoms with Crippen LogP contribution in [-0.2, 0) is 0 Å². The second-order valence-electron chi connectivity index (χ2n) is 2.90. The molecule has 0 saturated heterocycles. The lowest BCUT2D eigenvalue weighted by atomic mass is 10.1. The minimum Gasteiger partial charge on any atom is -0.490 e. The van der Waals surface area contributed by atoms with Gasteiger partial charge in [-0.2, -0.15) is 0 Å². The van der Waals surface area contributed by atoms with Gasteiger partial charge in [0.2, 0.25) is 0 Å². The number of aliphatic hydroxyl groups excluding tert-OH is 1. The first-order chi connectivity index (χ1) is 7.19. The maximum absolute atomic E-state index is 12.9. The summed E-state index contributed by atoms with van der Waals surface area (Å²) in [6.07, 6.45) is 0. The van der Waals surface area contributed by atoms with Crippen LogP contribution < -0.4 is 4.74 Å². The van der Waals surface area contributed by atoms with E-state index in [9.17, 15) is 4.39 Å². The summed E-state index contributed by atoms with van der Waals surface area (Å²) in [5.41, 5.74) is 0.815. The number of halogens is 1. The minimum absolute atomic E-state index is 0.0646. The van der Waals surface area contributed by atoms with E-state index in [0.717, 1.165) is 0 Å². The summed E-state index contributed by atoms with van der Waals surface area (Å²) < 4.78 is 18.0. The summed E-state index contributed by atoms with van der Waals surface area (Å²) in [5.74, 6) is -0.197.